The number of ether oxygens (including phenoxy) is 1. The number of carboxylic acid groups (broad SMARTS) is 1. The predicted molar refractivity (Wildman–Crippen MR) is 139 cm³/mol. The zero-order valence-electron chi connectivity index (χ0n) is 21.2. The highest BCUT2D eigenvalue weighted by atomic mass is 16.5. The molecule has 188 valence electrons. The highest BCUT2D eigenvalue weighted by molar-refractivity contribution is 5.69. The Morgan fingerprint density at radius 2 is 1.24 bits per heavy atom. The minimum Gasteiger partial charge on any atom is -0.481 e. The van der Waals surface area contributed by atoms with Gasteiger partial charge in [0.05, 0.1) is 0 Å². The van der Waals surface area contributed by atoms with Crippen LogP contribution < -0.4 is 0 Å². The Balaban J connectivity index is 4.32. The quantitative estimate of drug-likeness (QED) is 0.0999. The van der Waals surface area contributed by atoms with Crippen molar-refractivity contribution in [1.29, 1.82) is 0 Å². The number of hydrogen-bond donors (Lipinski definition) is 1. The molecule has 0 radical (unpaired) electrons. The van der Waals surface area contributed by atoms with Crippen LogP contribution in [0.3, 0.4) is 0 Å². The van der Waals surface area contributed by atoms with E-state index in [4.69, 9.17) is 9.84 Å². The number of allylic oxidation sites excluding steroid dienone is 7. The monoisotopic (exact) mass is 460 g/mol. The summed E-state index contributed by atoms with van der Waals surface area (Å²) in [5, 5.41) is 8.70. The lowest BCUT2D eigenvalue weighted by Gasteiger charge is -2.14. The zero-order valence-corrected chi connectivity index (χ0v) is 21.2. The fourth-order valence-corrected chi connectivity index (χ4v) is 3.38. The smallest absolute Gasteiger partial charge is 0.306 e. The Hall–Kier alpha value is -2.10. The van der Waals surface area contributed by atoms with Gasteiger partial charge in [0.2, 0.25) is 0 Å². The van der Waals surface area contributed by atoms with Crippen molar-refractivity contribution in [3.05, 3.63) is 48.6 Å². The Bertz CT molecular complexity index is 586. The van der Waals surface area contributed by atoms with Crippen molar-refractivity contribution in [3.8, 4) is 0 Å². The van der Waals surface area contributed by atoms with Crippen LogP contribution in [-0.2, 0) is 14.3 Å². The number of rotatable bonds is 22. The van der Waals surface area contributed by atoms with Crippen LogP contribution in [0.25, 0.3) is 0 Å². The van der Waals surface area contributed by atoms with Crippen molar-refractivity contribution in [1.82, 2.24) is 0 Å². The summed E-state index contributed by atoms with van der Waals surface area (Å²) in [6, 6.07) is 0. The summed E-state index contributed by atoms with van der Waals surface area (Å²) in [7, 11) is 0. The lowest BCUT2D eigenvalue weighted by Crippen LogP contribution is -2.16. The molecule has 0 bridgehead atoms. The number of carboxylic acids is 1. The topological polar surface area (TPSA) is 63.6 Å². The third-order valence-electron chi connectivity index (χ3n) is 5.30. The van der Waals surface area contributed by atoms with Crippen LogP contribution in [0.5, 0.6) is 0 Å². The maximum atomic E-state index is 12.2. The van der Waals surface area contributed by atoms with Crippen molar-refractivity contribution in [2.45, 2.75) is 123 Å². The minimum atomic E-state index is -0.722. The fraction of sp³-hybridized carbons (Fsp3) is 0.655. The van der Waals surface area contributed by atoms with Gasteiger partial charge in [-0.1, -0.05) is 94.9 Å². The van der Waals surface area contributed by atoms with Gasteiger partial charge in [0.25, 0.3) is 0 Å². The number of carbonyl (C=O) groups excluding carboxylic acids is 1. The third kappa shape index (κ3) is 24.4. The second-order valence-electron chi connectivity index (χ2n) is 8.50. The van der Waals surface area contributed by atoms with Crippen LogP contribution in [0.15, 0.2) is 48.6 Å². The van der Waals surface area contributed by atoms with Crippen LogP contribution in [0, 0.1) is 0 Å². The summed E-state index contributed by atoms with van der Waals surface area (Å²) in [6.07, 6.45) is 31.5. The third-order valence-corrected chi connectivity index (χ3v) is 5.30. The molecule has 0 fully saturated rings. The van der Waals surface area contributed by atoms with Crippen LogP contribution in [0.1, 0.15) is 117 Å². The van der Waals surface area contributed by atoms with Gasteiger partial charge in [-0.15, -0.1) is 0 Å². The molecule has 0 saturated carbocycles. The summed E-state index contributed by atoms with van der Waals surface area (Å²) < 4.78 is 5.74. The highest BCUT2D eigenvalue weighted by Gasteiger charge is 2.11. The van der Waals surface area contributed by atoms with Gasteiger partial charge in [-0.3, -0.25) is 9.59 Å². The first-order valence-electron chi connectivity index (χ1n) is 13.1. The minimum absolute atomic E-state index is 0.0972. The van der Waals surface area contributed by atoms with Crippen molar-refractivity contribution in [2.75, 3.05) is 0 Å². The number of esters is 1. The average molecular weight is 461 g/mol. The van der Waals surface area contributed by atoms with Gasteiger partial charge in [0.15, 0.2) is 0 Å². The van der Waals surface area contributed by atoms with Crippen LogP contribution in [-0.4, -0.2) is 23.1 Å². The van der Waals surface area contributed by atoms with Crippen LogP contribution in [0.2, 0.25) is 0 Å². The molecule has 0 aliphatic carbocycles. The van der Waals surface area contributed by atoms with E-state index < -0.39 is 5.97 Å². The van der Waals surface area contributed by atoms with E-state index in [-0.39, 0.29) is 18.5 Å². The van der Waals surface area contributed by atoms with Crippen LogP contribution >= 0.6 is 0 Å². The maximum absolute atomic E-state index is 12.2. The Morgan fingerprint density at radius 1 is 0.697 bits per heavy atom. The Labute approximate surface area is 202 Å². The van der Waals surface area contributed by atoms with E-state index in [2.05, 4.69) is 56.4 Å². The van der Waals surface area contributed by atoms with E-state index in [9.17, 15) is 9.59 Å². The van der Waals surface area contributed by atoms with Crippen molar-refractivity contribution < 1.29 is 19.4 Å². The molecule has 0 heterocycles. The number of unbranched alkanes of at least 4 members (excludes halogenated alkanes) is 7. The van der Waals surface area contributed by atoms with E-state index in [1.165, 1.54) is 0 Å². The predicted octanol–water partition coefficient (Wildman–Crippen LogP) is 8.49. The molecular weight excluding hydrogens is 412 g/mol. The van der Waals surface area contributed by atoms with Crippen molar-refractivity contribution in [2.24, 2.45) is 0 Å². The molecule has 0 aliphatic heterocycles. The molecule has 1 N–H and O–H groups in total. The van der Waals surface area contributed by atoms with Gasteiger partial charge in [0.1, 0.15) is 6.10 Å². The molecule has 0 amide bonds. The summed E-state index contributed by atoms with van der Waals surface area (Å²) in [4.78, 5) is 22.8. The van der Waals surface area contributed by atoms with Gasteiger partial charge in [-0.25, -0.2) is 0 Å². The molecule has 0 rings (SSSR count). The Kier molecular flexibility index (Phi) is 23.0. The van der Waals surface area contributed by atoms with Gasteiger partial charge >= 0.3 is 11.9 Å². The second-order valence-corrected chi connectivity index (χ2v) is 8.50. The molecule has 33 heavy (non-hydrogen) atoms. The van der Waals surface area contributed by atoms with Gasteiger partial charge in [0, 0.05) is 12.8 Å². The largest absolute Gasteiger partial charge is 0.481 e. The molecule has 4 heteroatoms. The lowest BCUT2D eigenvalue weighted by atomic mass is 10.1. The molecule has 0 aromatic rings. The van der Waals surface area contributed by atoms with Crippen molar-refractivity contribution in [3.63, 3.8) is 0 Å². The first-order chi connectivity index (χ1) is 16.1. The molecular formula is C29H48O4. The van der Waals surface area contributed by atoms with Crippen LogP contribution in [0.4, 0.5) is 0 Å². The Morgan fingerprint density at radius 3 is 1.88 bits per heavy atom. The van der Waals surface area contributed by atoms with E-state index in [0.717, 1.165) is 89.9 Å². The first-order valence-corrected chi connectivity index (χ1v) is 13.1. The standard InChI is InChI=1S/C29H48O4/c1-3-5-7-9-10-11-12-13-14-16-19-23-27(33-29(32)26-22-8-6-4-2)24-20-17-15-18-21-25-28(30)31/h5,7,10-11,13-14,19,23,27H,3-4,6,8-9,12,15-18,20-22,24-26H2,1-2H3,(H,30,31)/b7-5-,11-10-,14-13-,23-19-. The maximum Gasteiger partial charge on any atom is 0.306 e. The van der Waals surface area contributed by atoms with Gasteiger partial charge < -0.3 is 9.84 Å². The van der Waals surface area contributed by atoms with E-state index in [0.29, 0.717) is 6.42 Å². The second kappa shape index (κ2) is 24.5. The lowest BCUT2D eigenvalue weighted by molar-refractivity contribution is -0.147. The summed E-state index contributed by atoms with van der Waals surface area (Å²) >= 11 is 0. The number of carbonyl (C=O) groups is 2. The molecule has 0 aliphatic rings. The summed E-state index contributed by atoms with van der Waals surface area (Å²) in [5.41, 5.74) is 0. The van der Waals surface area contributed by atoms with Crippen molar-refractivity contribution >= 4 is 11.9 Å². The molecule has 0 aromatic carbocycles. The van der Waals surface area contributed by atoms with E-state index >= 15 is 0 Å². The number of aliphatic carboxylic acids is 1. The van der Waals surface area contributed by atoms with Gasteiger partial charge in [-0.2, -0.15) is 0 Å². The van der Waals surface area contributed by atoms with E-state index in [1.807, 2.05) is 6.08 Å². The number of hydrogen-bond acceptors (Lipinski definition) is 3. The summed E-state index contributed by atoms with van der Waals surface area (Å²) in [6.45, 7) is 4.30. The summed E-state index contributed by atoms with van der Waals surface area (Å²) in [5.74, 6) is -0.819. The average Bonchev–Trinajstić information content (AvgIpc) is 2.79. The van der Waals surface area contributed by atoms with Gasteiger partial charge in [-0.05, 0) is 57.4 Å². The first kappa shape index (κ1) is 30.9. The highest BCUT2D eigenvalue weighted by Crippen LogP contribution is 2.14. The molecule has 0 aromatic heterocycles. The SMILES string of the molecule is CC/C=C\C/C=C\C/C=C\C/C=C\C(CCCCCCCC(=O)O)OC(=O)CCCCCC. The zero-order chi connectivity index (χ0) is 24.4. The molecule has 1 atom stereocenters. The molecule has 0 saturated heterocycles. The molecule has 1 unspecified atom stereocenters. The van der Waals surface area contributed by atoms with E-state index in [1.54, 1.807) is 0 Å². The molecule has 4 nitrogen and oxygen atoms in total. The normalized spacial score (nSPS) is 13.0. The molecule has 0 spiro atoms. The fourth-order valence-electron chi connectivity index (χ4n) is 3.38.